The van der Waals surface area contributed by atoms with Gasteiger partial charge in [0, 0.05) is 18.9 Å². The minimum absolute atomic E-state index is 0.0643. The van der Waals surface area contributed by atoms with E-state index in [-0.39, 0.29) is 34.5 Å². The molecule has 0 aliphatic heterocycles. The van der Waals surface area contributed by atoms with E-state index in [4.69, 9.17) is 4.74 Å². The lowest BCUT2D eigenvalue weighted by Gasteiger charge is -2.16. The summed E-state index contributed by atoms with van der Waals surface area (Å²) in [7, 11) is -2.58. The van der Waals surface area contributed by atoms with E-state index in [2.05, 4.69) is 10.1 Å². The van der Waals surface area contributed by atoms with Gasteiger partial charge in [-0.25, -0.2) is 18.0 Å². The molecule has 10 nitrogen and oxygen atoms in total. The highest BCUT2D eigenvalue weighted by Crippen LogP contribution is 2.38. The maximum Gasteiger partial charge on any atom is 0.417 e. The number of methoxy groups -OCH3 is 1. The van der Waals surface area contributed by atoms with Crippen LogP contribution in [-0.4, -0.2) is 47.8 Å². The Kier molecular flexibility index (Phi) is 5.47. The van der Waals surface area contributed by atoms with Crippen molar-refractivity contribution >= 4 is 20.9 Å². The first-order valence-electron chi connectivity index (χ1n) is 8.31. The number of hydrogen-bond donors (Lipinski definition) is 2. The highest BCUT2D eigenvalue weighted by molar-refractivity contribution is 7.91. The van der Waals surface area contributed by atoms with Gasteiger partial charge in [0.25, 0.3) is 5.56 Å². The van der Waals surface area contributed by atoms with Crippen molar-refractivity contribution in [2.24, 2.45) is 0 Å². The number of H-pyrrole nitrogens is 1. The molecule has 0 spiro atoms. The summed E-state index contributed by atoms with van der Waals surface area (Å²) in [5.74, 6) is 0. The molecule has 0 atom stereocenters. The van der Waals surface area contributed by atoms with Gasteiger partial charge < -0.3 is 9.72 Å². The lowest BCUT2D eigenvalue weighted by atomic mass is 10.0. The van der Waals surface area contributed by atoms with Crippen LogP contribution in [0.25, 0.3) is 22.2 Å². The van der Waals surface area contributed by atoms with E-state index in [1.54, 1.807) is 4.83 Å². The van der Waals surface area contributed by atoms with Gasteiger partial charge in [-0.2, -0.15) is 22.9 Å². The summed E-state index contributed by atoms with van der Waals surface area (Å²) in [5, 5.41) is 3.65. The molecule has 0 aliphatic carbocycles. The average molecular weight is 447 g/mol. The lowest BCUT2D eigenvalue weighted by molar-refractivity contribution is -0.137. The minimum Gasteiger partial charge on any atom is -0.383 e. The van der Waals surface area contributed by atoms with E-state index in [1.807, 2.05) is 0 Å². The summed E-state index contributed by atoms with van der Waals surface area (Å²) >= 11 is 0. The number of aromatic amines is 1. The van der Waals surface area contributed by atoms with Crippen molar-refractivity contribution in [2.45, 2.75) is 12.7 Å². The van der Waals surface area contributed by atoms with E-state index in [1.165, 1.54) is 24.1 Å². The van der Waals surface area contributed by atoms with Gasteiger partial charge in [-0.1, -0.05) is 0 Å². The standard InChI is InChI=1S/C16H16F3N5O5S/c1-29-6-5-23-13(3-4-20-23)9-7-10-12(8-11(9)16(17,18)19)21-15(26)24(14(10)25)22-30(2,27)28/h3-4,7-8,22H,5-6H2,1-2H3,(H,21,26). The van der Waals surface area contributed by atoms with Crippen LogP contribution < -0.4 is 16.1 Å². The predicted octanol–water partition coefficient (Wildman–Crippen LogP) is 0.722. The first-order valence-corrected chi connectivity index (χ1v) is 10.2. The van der Waals surface area contributed by atoms with Gasteiger partial charge in [0.1, 0.15) is 0 Å². The van der Waals surface area contributed by atoms with Crippen molar-refractivity contribution in [2.75, 3.05) is 24.8 Å². The maximum atomic E-state index is 13.7. The summed E-state index contributed by atoms with van der Waals surface area (Å²) in [6, 6.07) is 2.91. The summed E-state index contributed by atoms with van der Waals surface area (Å²) < 4.78 is 70.4. The molecule has 2 aromatic heterocycles. The number of hydrogen-bond acceptors (Lipinski definition) is 6. The summed E-state index contributed by atoms with van der Waals surface area (Å²) in [6.07, 6.45) is -2.79. The Morgan fingerprint density at radius 1 is 1.27 bits per heavy atom. The first kappa shape index (κ1) is 21.6. The third-order valence-corrected chi connectivity index (χ3v) is 4.61. The maximum absolute atomic E-state index is 13.7. The zero-order valence-electron chi connectivity index (χ0n) is 15.6. The number of fused-ring (bicyclic) bond motifs is 1. The second kappa shape index (κ2) is 7.60. The van der Waals surface area contributed by atoms with Crippen LogP contribution in [0.4, 0.5) is 13.2 Å². The largest absolute Gasteiger partial charge is 0.417 e. The molecule has 14 heteroatoms. The van der Waals surface area contributed by atoms with E-state index in [0.717, 1.165) is 12.3 Å². The molecule has 162 valence electrons. The van der Waals surface area contributed by atoms with Gasteiger partial charge in [-0.05, 0) is 18.2 Å². The number of nitrogens with one attached hydrogen (secondary N) is 2. The van der Waals surface area contributed by atoms with Crippen molar-refractivity contribution in [1.82, 2.24) is 19.4 Å². The number of sulfonamides is 1. The third-order valence-electron chi connectivity index (χ3n) is 4.10. The lowest BCUT2D eigenvalue weighted by Crippen LogP contribution is -2.43. The second-order valence-corrected chi connectivity index (χ2v) is 8.03. The van der Waals surface area contributed by atoms with E-state index >= 15 is 0 Å². The molecule has 2 N–H and O–H groups in total. The van der Waals surface area contributed by atoms with Crippen molar-refractivity contribution in [3.05, 3.63) is 50.8 Å². The smallest absolute Gasteiger partial charge is 0.383 e. The topological polar surface area (TPSA) is 128 Å². The monoisotopic (exact) mass is 447 g/mol. The number of rotatable bonds is 6. The number of benzene rings is 1. The van der Waals surface area contributed by atoms with Crippen molar-refractivity contribution in [3.8, 4) is 11.3 Å². The van der Waals surface area contributed by atoms with E-state index < -0.39 is 38.5 Å². The van der Waals surface area contributed by atoms with Crippen molar-refractivity contribution in [1.29, 1.82) is 0 Å². The SMILES string of the molecule is COCCn1nccc1-c1cc2c(=O)n(NS(C)(=O)=O)c(=O)[nH]c2cc1C(F)(F)F. The Morgan fingerprint density at radius 2 is 1.97 bits per heavy atom. The zero-order chi connectivity index (χ0) is 22.3. The van der Waals surface area contributed by atoms with Crippen LogP contribution in [0.1, 0.15) is 5.56 Å². The van der Waals surface area contributed by atoms with Crippen LogP contribution in [0.15, 0.2) is 34.0 Å². The summed E-state index contributed by atoms with van der Waals surface area (Å²) in [5.41, 5.74) is -4.15. The molecule has 2 heterocycles. The highest BCUT2D eigenvalue weighted by Gasteiger charge is 2.35. The highest BCUT2D eigenvalue weighted by atomic mass is 32.2. The molecule has 0 aliphatic rings. The third kappa shape index (κ3) is 4.23. The predicted molar refractivity (Wildman–Crippen MR) is 101 cm³/mol. The molecule has 3 rings (SSSR count). The second-order valence-electron chi connectivity index (χ2n) is 6.31. The van der Waals surface area contributed by atoms with Gasteiger partial charge in [0.2, 0.25) is 10.0 Å². The number of alkyl halides is 3. The molecule has 0 fully saturated rings. The molecule has 1 aromatic carbocycles. The molecule has 0 saturated carbocycles. The molecule has 30 heavy (non-hydrogen) atoms. The molecular formula is C16H16F3N5O5S. The van der Waals surface area contributed by atoms with E-state index in [9.17, 15) is 31.2 Å². The van der Waals surface area contributed by atoms with Crippen LogP contribution >= 0.6 is 0 Å². The van der Waals surface area contributed by atoms with Crippen molar-refractivity contribution in [3.63, 3.8) is 0 Å². The fourth-order valence-electron chi connectivity index (χ4n) is 2.88. The average Bonchev–Trinajstić information content (AvgIpc) is 3.09. The van der Waals surface area contributed by atoms with Gasteiger partial charge in [0.05, 0.1) is 41.6 Å². The van der Waals surface area contributed by atoms with Crippen molar-refractivity contribution < 1.29 is 26.3 Å². The Morgan fingerprint density at radius 3 is 2.57 bits per heavy atom. The number of nitrogens with zero attached hydrogens (tertiary/aromatic N) is 3. The van der Waals surface area contributed by atoms with Gasteiger partial charge in [-0.15, -0.1) is 0 Å². The van der Waals surface area contributed by atoms with Gasteiger partial charge in [0.15, 0.2) is 0 Å². The molecule has 0 radical (unpaired) electrons. The number of halogens is 3. The van der Waals surface area contributed by atoms with Crippen LogP contribution in [0.5, 0.6) is 0 Å². The normalized spacial score (nSPS) is 12.4. The Bertz CT molecular complexity index is 1320. The fourth-order valence-corrected chi connectivity index (χ4v) is 3.37. The van der Waals surface area contributed by atoms with Gasteiger partial charge in [-0.3, -0.25) is 9.48 Å². The minimum atomic E-state index is -4.81. The Hall–Kier alpha value is -3.13. The van der Waals surface area contributed by atoms with Gasteiger partial charge >= 0.3 is 11.9 Å². The Balaban J connectivity index is 2.35. The Labute approximate surface area is 166 Å². The molecular weight excluding hydrogens is 431 g/mol. The van der Waals surface area contributed by atoms with Crippen LogP contribution in [0.3, 0.4) is 0 Å². The van der Waals surface area contributed by atoms with E-state index in [0.29, 0.717) is 6.07 Å². The molecule has 0 bridgehead atoms. The first-order chi connectivity index (χ1) is 13.9. The quantitative estimate of drug-likeness (QED) is 0.573. The summed E-state index contributed by atoms with van der Waals surface area (Å²) in [6.45, 7) is 0.335. The molecule has 0 amide bonds. The van der Waals surface area contributed by atoms with Crippen LogP contribution in [0, 0.1) is 0 Å². The van der Waals surface area contributed by atoms with Crippen LogP contribution in [-0.2, 0) is 27.5 Å². The fraction of sp³-hybridized carbons (Fsp3) is 0.312. The number of aromatic nitrogens is 4. The molecule has 0 saturated heterocycles. The molecule has 3 aromatic rings. The van der Waals surface area contributed by atoms with Crippen LogP contribution in [0.2, 0.25) is 0 Å². The number of ether oxygens (including phenoxy) is 1. The summed E-state index contributed by atoms with van der Waals surface area (Å²) in [4.78, 5) is 28.5. The zero-order valence-corrected chi connectivity index (χ0v) is 16.5. The molecule has 0 unspecified atom stereocenters.